The summed E-state index contributed by atoms with van der Waals surface area (Å²) in [6.07, 6.45) is 2.03. The van der Waals surface area contributed by atoms with E-state index in [4.69, 9.17) is 0 Å². The van der Waals surface area contributed by atoms with Crippen molar-refractivity contribution in [2.75, 3.05) is 6.26 Å². The highest BCUT2D eigenvalue weighted by Crippen LogP contribution is 2.34. The van der Waals surface area contributed by atoms with Crippen LogP contribution in [0.2, 0.25) is 0 Å². The van der Waals surface area contributed by atoms with Gasteiger partial charge in [0.05, 0.1) is 11.1 Å². The molecule has 0 bridgehead atoms. The van der Waals surface area contributed by atoms with Gasteiger partial charge in [-0.3, -0.25) is 9.36 Å². The molecule has 0 aliphatic carbocycles. The maximum Gasteiger partial charge on any atom is 0.264 e. The number of benzene rings is 3. The van der Waals surface area contributed by atoms with E-state index in [1.54, 1.807) is 11.8 Å². The maximum absolute atomic E-state index is 13.5. The quantitative estimate of drug-likeness (QED) is 0.466. The van der Waals surface area contributed by atoms with Crippen LogP contribution >= 0.6 is 11.8 Å². The minimum absolute atomic E-state index is 0.0143. The van der Waals surface area contributed by atoms with Crippen molar-refractivity contribution in [2.24, 2.45) is 0 Å². The monoisotopic (exact) mass is 343 g/mol. The summed E-state index contributed by atoms with van der Waals surface area (Å²) in [5.41, 5.74) is 3.54. The second-order valence-electron chi connectivity index (χ2n) is 5.77. The van der Waals surface area contributed by atoms with Gasteiger partial charge in [0.1, 0.15) is 0 Å². The van der Waals surface area contributed by atoms with Crippen molar-refractivity contribution in [1.29, 1.82) is 0 Å². The fourth-order valence-electron chi connectivity index (χ4n) is 3.22. The molecule has 0 atom stereocenters. The molecule has 4 aromatic rings. The number of hydrogen-bond acceptors (Lipinski definition) is 2. The van der Waals surface area contributed by atoms with Crippen LogP contribution in [-0.2, 0) is 0 Å². The van der Waals surface area contributed by atoms with Gasteiger partial charge < -0.3 is 0 Å². The number of para-hydroxylation sites is 2. The molecule has 0 N–H and O–H groups in total. The lowest BCUT2D eigenvalue weighted by molar-refractivity contribution is 1.03. The van der Waals surface area contributed by atoms with E-state index < -0.39 is 0 Å². The first-order valence-corrected chi connectivity index (χ1v) is 9.36. The molecular formula is C22H17NOS. The Morgan fingerprint density at radius 1 is 0.760 bits per heavy atom. The van der Waals surface area contributed by atoms with E-state index in [1.165, 1.54) is 0 Å². The Bertz CT molecular complexity index is 1090. The molecule has 0 spiro atoms. The van der Waals surface area contributed by atoms with Gasteiger partial charge in [-0.25, -0.2) is 0 Å². The van der Waals surface area contributed by atoms with E-state index in [9.17, 15) is 4.79 Å². The number of rotatable bonds is 3. The molecule has 0 aliphatic rings. The molecule has 1 heterocycles. The fraction of sp³-hybridized carbons (Fsp3) is 0.0455. The zero-order chi connectivity index (χ0) is 17.2. The van der Waals surface area contributed by atoms with Crippen LogP contribution in [0, 0.1) is 0 Å². The fourth-order valence-corrected chi connectivity index (χ4v) is 4.02. The Morgan fingerprint density at radius 3 is 2.04 bits per heavy atom. The van der Waals surface area contributed by atoms with Gasteiger partial charge in [-0.2, -0.15) is 0 Å². The van der Waals surface area contributed by atoms with Gasteiger partial charge in [-0.1, -0.05) is 66.7 Å². The predicted molar refractivity (Wildman–Crippen MR) is 107 cm³/mol. The molecule has 3 aromatic carbocycles. The van der Waals surface area contributed by atoms with E-state index in [1.807, 2.05) is 89.7 Å². The molecule has 0 saturated carbocycles. The molecule has 25 heavy (non-hydrogen) atoms. The summed E-state index contributed by atoms with van der Waals surface area (Å²) in [7, 11) is 0. The van der Waals surface area contributed by atoms with E-state index in [0.717, 1.165) is 32.6 Å². The summed E-state index contributed by atoms with van der Waals surface area (Å²) in [6, 6.07) is 27.9. The lowest BCUT2D eigenvalue weighted by Crippen LogP contribution is -2.21. The number of aromatic nitrogens is 1. The third kappa shape index (κ3) is 2.67. The van der Waals surface area contributed by atoms with Gasteiger partial charge in [0, 0.05) is 16.0 Å². The summed E-state index contributed by atoms with van der Waals surface area (Å²) in [5.74, 6) is 0. The highest BCUT2D eigenvalue weighted by atomic mass is 32.2. The number of nitrogens with zero attached hydrogens (tertiary/aromatic N) is 1. The standard InChI is InChI=1S/C22H17NOS/c1-25-21-18-14-8-9-15-19(18)23(17-12-6-3-7-13-17)22(24)20(21)16-10-4-2-5-11-16/h2-15H,1H3. The Hall–Kier alpha value is -2.78. The minimum atomic E-state index is 0.0143. The van der Waals surface area contributed by atoms with Gasteiger partial charge in [0.25, 0.3) is 5.56 Å². The second-order valence-corrected chi connectivity index (χ2v) is 6.58. The molecule has 0 amide bonds. The Morgan fingerprint density at radius 2 is 1.36 bits per heavy atom. The number of pyridine rings is 1. The lowest BCUT2D eigenvalue weighted by atomic mass is 10.0. The van der Waals surface area contributed by atoms with Crippen molar-refractivity contribution in [3.05, 3.63) is 95.3 Å². The zero-order valence-electron chi connectivity index (χ0n) is 13.8. The summed E-state index contributed by atoms with van der Waals surface area (Å²) in [6.45, 7) is 0. The SMILES string of the molecule is CSc1c(-c2ccccc2)c(=O)n(-c2ccccc2)c2ccccc12. The van der Waals surface area contributed by atoms with Crippen molar-refractivity contribution in [2.45, 2.75) is 4.90 Å². The van der Waals surface area contributed by atoms with E-state index in [-0.39, 0.29) is 5.56 Å². The molecule has 1 aromatic heterocycles. The van der Waals surface area contributed by atoms with Crippen LogP contribution in [0.5, 0.6) is 0 Å². The van der Waals surface area contributed by atoms with E-state index in [2.05, 4.69) is 6.07 Å². The van der Waals surface area contributed by atoms with Crippen molar-refractivity contribution < 1.29 is 0 Å². The molecule has 3 heteroatoms. The molecule has 2 nitrogen and oxygen atoms in total. The molecule has 4 rings (SSSR count). The van der Waals surface area contributed by atoms with Crippen molar-refractivity contribution >= 4 is 22.7 Å². The van der Waals surface area contributed by atoms with Gasteiger partial charge in [-0.15, -0.1) is 11.8 Å². The summed E-state index contributed by atoms with van der Waals surface area (Å²) < 4.78 is 1.82. The summed E-state index contributed by atoms with van der Waals surface area (Å²) in [5, 5.41) is 1.09. The van der Waals surface area contributed by atoms with E-state index >= 15 is 0 Å². The predicted octanol–water partition coefficient (Wildman–Crippen LogP) is 5.38. The number of fused-ring (bicyclic) bond motifs is 1. The van der Waals surface area contributed by atoms with Crippen LogP contribution in [0.1, 0.15) is 0 Å². The first-order chi connectivity index (χ1) is 12.3. The van der Waals surface area contributed by atoms with Gasteiger partial charge >= 0.3 is 0 Å². The maximum atomic E-state index is 13.5. The van der Waals surface area contributed by atoms with Crippen molar-refractivity contribution in [1.82, 2.24) is 4.57 Å². The van der Waals surface area contributed by atoms with Crippen LogP contribution in [0.25, 0.3) is 27.7 Å². The van der Waals surface area contributed by atoms with Gasteiger partial charge in [-0.05, 0) is 30.0 Å². The molecule has 0 fully saturated rings. The van der Waals surface area contributed by atoms with E-state index in [0.29, 0.717) is 0 Å². The normalized spacial score (nSPS) is 10.9. The van der Waals surface area contributed by atoms with Crippen molar-refractivity contribution in [3.63, 3.8) is 0 Å². The summed E-state index contributed by atoms with van der Waals surface area (Å²) in [4.78, 5) is 14.5. The van der Waals surface area contributed by atoms with Gasteiger partial charge in [0.2, 0.25) is 0 Å². The molecule has 122 valence electrons. The molecule has 0 radical (unpaired) electrons. The molecule has 0 saturated heterocycles. The summed E-state index contributed by atoms with van der Waals surface area (Å²) >= 11 is 1.62. The second kappa shape index (κ2) is 6.61. The smallest absolute Gasteiger partial charge is 0.264 e. The van der Waals surface area contributed by atoms with Crippen LogP contribution in [-0.4, -0.2) is 10.8 Å². The molecule has 0 unspecified atom stereocenters. The highest BCUT2D eigenvalue weighted by molar-refractivity contribution is 7.99. The van der Waals surface area contributed by atoms with Crippen molar-refractivity contribution in [3.8, 4) is 16.8 Å². The first kappa shape index (κ1) is 15.7. The Labute approximate surface area is 150 Å². The Kier molecular flexibility index (Phi) is 4.16. The highest BCUT2D eigenvalue weighted by Gasteiger charge is 2.18. The number of hydrogen-bond donors (Lipinski definition) is 0. The lowest BCUT2D eigenvalue weighted by Gasteiger charge is -2.17. The average molecular weight is 343 g/mol. The third-order valence-corrected chi connectivity index (χ3v) is 5.15. The van der Waals surface area contributed by atoms with Crippen LogP contribution in [0.15, 0.2) is 94.6 Å². The van der Waals surface area contributed by atoms with Gasteiger partial charge in [0.15, 0.2) is 0 Å². The zero-order valence-corrected chi connectivity index (χ0v) is 14.7. The largest absolute Gasteiger partial charge is 0.276 e. The topological polar surface area (TPSA) is 22.0 Å². The molecular weight excluding hydrogens is 326 g/mol. The molecule has 0 aliphatic heterocycles. The van der Waals surface area contributed by atoms with Crippen LogP contribution < -0.4 is 5.56 Å². The average Bonchev–Trinajstić information content (AvgIpc) is 2.68. The van der Waals surface area contributed by atoms with Crippen LogP contribution in [0.3, 0.4) is 0 Å². The Balaban J connectivity index is 2.20. The third-order valence-electron chi connectivity index (χ3n) is 4.31. The minimum Gasteiger partial charge on any atom is -0.276 e. The number of thioether (sulfide) groups is 1. The first-order valence-electron chi connectivity index (χ1n) is 8.14. The van der Waals surface area contributed by atoms with Crippen LogP contribution in [0.4, 0.5) is 0 Å².